The number of fused-ring (bicyclic) bond motifs is 1. The number of nitrogens with one attached hydrogen (secondary N) is 2. The highest BCUT2D eigenvalue weighted by Gasteiger charge is 2.31. The number of carbonyl (C=O) groups excluding carboxylic acids is 1. The summed E-state index contributed by atoms with van der Waals surface area (Å²) in [7, 11) is 1.80. The number of hydrogen-bond donors (Lipinski definition) is 2. The second-order valence-corrected chi connectivity index (χ2v) is 5.48. The van der Waals surface area contributed by atoms with Crippen LogP contribution in [0.1, 0.15) is 12.8 Å². The van der Waals surface area contributed by atoms with Crippen molar-refractivity contribution in [1.82, 2.24) is 10.3 Å². The Morgan fingerprint density at radius 3 is 2.86 bits per heavy atom. The first kappa shape index (κ1) is 16.5. The van der Waals surface area contributed by atoms with Crippen molar-refractivity contribution < 1.29 is 22.7 Å². The minimum atomic E-state index is -4.73. The number of ether oxygens (including phenoxy) is 1. The van der Waals surface area contributed by atoms with Crippen molar-refractivity contribution in [2.24, 2.45) is 0 Å². The van der Waals surface area contributed by atoms with Gasteiger partial charge in [-0.05, 0) is 32.1 Å². The number of nitrogens with zero attached hydrogens (tertiary/aromatic N) is 1. The molecule has 22 heavy (non-hydrogen) atoms. The summed E-state index contributed by atoms with van der Waals surface area (Å²) in [5, 5.41) is 5.93. The molecule has 1 heterocycles. The Kier molecular flexibility index (Phi) is 5.19. The van der Waals surface area contributed by atoms with Crippen molar-refractivity contribution in [3.63, 3.8) is 0 Å². The first-order valence-electron chi connectivity index (χ1n) is 6.48. The minimum absolute atomic E-state index is 0.180. The van der Waals surface area contributed by atoms with Gasteiger partial charge in [0.05, 0.1) is 10.2 Å². The molecule has 0 fully saturated rings. The maximum atomic E-state index is 12.2. The van der Waals surface area contributed by atoms with E-state index < -0.39 is 6.36 Å². The smallest absolute Gasteiger partial charge is 0.406 e. The van der Waals surface area contributed by atoms with Gasteiger partial charge in [-0.2, -0.15) is 0 Å². The van der Waals surface area contributed by atoms with Gasteiger partial charge >= 0.3 is 6.36 Å². The summed E-state index contributed by atoms with van der Waals surface area (Å²) >= 11 is 1.10. The van der Waals surface area contributed by atoms with Gasteiger partial charge in [-0.1, -0.05) is 11.3 Å². The van der Waals surface area contributed by atoms with E-state index in [1.807, 2.05) is 0 Å². The Morgan fingerprint density at radius 1 is 1.41 bits per heavy atom. The number of amides is 1. The van der Waals surface area contributed by atoms with Crippen LogP contribution in [-0.2, 0) is 4.79 Å². The number of rotatable bonds is 6. The van der Waals surface area contributed by atoms with Crippen LogP contribution in [0.15, 0.2) is 18.2 Å². The van der Waals surface area contributed by atoms with Crippen LogP contribution < -0.4 is 15.4 Å². The molecule has 0 atom stereocenters. The molecule has 9 heteroatoms. The quantitative estimate of drug-likeness (QED) is 0.797. The third-order valence-electron chi connectivity index (χ3n) is 2.67. The molecule has 0 saturated carbocycles. The second-order valence-electron chi connectivity index (χ2n) is 4.45. The van der Waals surface area contributed by atoms with Crippen molar-refractivity contribution in [2.45, 2.75) is 19.2 Å². The van der Waals surface area contributed by atoms with Gasteiger partial charge in [-0.25, -0.2) is 4.98 Å². The third kappa shape index (κ3) is 4.85. The first-order chi connectivity index (χ1) is 10.4. The molecular formula is C13H14F3N3O2S. The predicted molar refractivity (Wildman–Crippen MR) is 78.1 cm³/mol. The van der Waals surface area contributed by atoms with E-state index in [9.17, 15) is 18.0 Å². The van der Waals surface area contributed by atoms with Crippen molar-refractivity contribution in [1.29, 1.82) is 0 Å². The predicted octanol–water partition coefficient (Wildman–Crippen LogP) is 3.13. The van der Waals surface area contributed by atoms with E-state index in [2.05, 4.69) is 20.4 Å². The number of anilines is 1. The van der Waals surface area contributed by atoms with Gasteiger partial charge in [0.25, 0.3) is 0 Å². The fraction of sp³-hybridized carbons (Fsp3) is 0.385. The molecule has 2 N–H and O–H groups in total. The third-order valence-corrected chi connectivity index (χ3v) is 3.60. The molecule has 0 radical (unpaired) electrons. The molecule has 0 spiro atoms. The van der Waals surface area contributed by atoms with Crippen LogP contribution >= 0.6 is 11.3 Å². The van der Waals surface area contributed by atoms with Crippen molar-refractivity contribution in [2.75, 3.05) is 18.9 Å². The average molecular weight is 333 g/mol. The maximum Gasteiger partial charge on any atom is 0.573 e. The summed E-state index contributed by atoms with van der Waals surface area (Å²) in [5.41, 5.74) is 0.505. The summed E-state index contributed by atoms with van der Waals surface area (Å²) in [6, 6.07) is 3.86. The van der Waals surface area contributed by atoms with Gasteiger partial charge in [-0.3, -0.25) is 4.79 Å². The molecule has 2 aromatic rings. The zero-order valence-corrected chi connectivity index (χ0v) is 12.5. The molecule has 1 amide bonds. The van der Waals surface area contributed by atoms with Crippen molar-refractivity contribution in [3.8, 4) is 5.75 Å². The van der Waals surface area contributed by atoms with E-state index >= 15 is 0 Å². The summed E-state index contributed by atoms with van der Waals surface area (Å²) in [5.74, 6) is -0.489. The molecule has 120 valence electrons. The molecule has 1 aromatic heterocycles. The van der Waals surface area contributed by atoms with Gasteiger partial charge in [0.1, 0.15) is 5.75 Å². The highest BCUT2D eigenvalue weighted by atomic mass is 32.1. The van der Waals surface area contributed by atoms with Crippen molar-refractivity contribution in [3.05, 3.63) is 18.2 Å². The Hall–Kier alpha value is -1.87. The van der Waals surface area contributed by atoms with E-state index in [-0.39, 0.29) is 11.7 Å². The molecule has 0 aliphatic rings. The Morgan fingerprint density at radius 2 is 2.18 bits per heavy atom. The molecular weight excluding hydrogens is 319 g/mol. The van der Waals surface area contributed by atoms with Crippen LogP contribution in [0.3, 0.4) is 0 Å². The Labute approximate surface area is 128 Å². The van der Waals surface area contributed by atoms with Crippen LogP contribution in [0, 0.1) is 0 Å². The van der Waals surface area contributed by atoms with Gasteiger partial charge in [0, 0.05) is 12.5 Å². The number of thiazole rings is 1. The second kappa shape index (κ2) is 6.93. The lowest BCUT2D eigenvalue weighted by atomic mass is 10.3. The molecule has 0 unspecified atom stereocenters. The largest absolute Gasteiger partial charge is 0.573 e. The lowest BCUT2D eigenvalue weighted by Crippen LogP contribution is -2.16. The molecule has 0 aliphatic carbocycles. The monoisotopic (exact) mass is 333 g/mol. The summed E-state index contributed by atoms with van der Waals surface area (Å²) in [6.45, 7) is 0.728. The van der Waals surface area contributed by atoms with E-state index in [0.717, 1.165) is 17.9 Å². The van der Waals surface area contributed by atoms with E-state index in [1.165, 1.54) is 18.2 Å². The van der Waals surface area contributed by atoms with Crippen LogP contribution in [0.5, 0.6) is 5.75 Å². The highest BCUT2D eigenvalue weighted by molar-refractivity contribution is 7.22. The van der Waals surface area contributed by atoms with Gasteiger partial charge in [0.15, 0.2) is 5.13 Å². The Balaban J connectivity index is 2.05. The molecule has 2 rings (SSSR count). The average Bonchev–Trinajstić information content (AvgIpc) is 2.78. The van der Waals surface area contributed by atoms with E-state index in [1.54, 1.807) is 7.05 Å². The molecule has 0 aliphatic heterocycles. The highest BCUT2D eigenvalue weighted by Crippen LogP contribution is 2.31. The van der Waals surface area contributed by atoms with Crippen molar-refractivity contribution >= 4 is 32.6 Å². The zero-order valence-electron chi connectivity index (χ0n) is 11.7. The molecule has 5 nitrogen and oxygen atoms in total. The van der Waals surface area contributed by atoms with Crippen LogP contribution in [0.25, 0.3) is 10.2 Å². The fourth-order valence-corrected chi connectivity index (χ4v) is 2.67. The number of alkyl halides is 3. The van der Waals surface area contributed by atoms with Crippen LogP contribution in [0.2, 0.25) is 0 Å². The maximum absolute atomic E-state index is 12.2. The fourth-order valence-electron chi connectivity index (χ4n) is 1.76. The van der Waals surface area contributed by atoms with Gasteiger partial charge < -0.3 is 15.4 Å². The standard InChI is InChI=1S/C13H14F3N3O2S/c1-17-6-2-3-11(20)19-12-18-9-5-4-8(7-10(9)22-12)21-13(14,15)16/h4-5,7,17H,2-3,6H2,1H3,(H,18,19,20). The van der Waals surface area contributed by atoms with Crippen LogP contribution in [-0.4, -0.2) is 30.8 Å². The summed E-state index contributed by atoms with van der Waals surface area (Å²) in [6.07, 6.45) is -3.70. The number of carbonyl (C=O) groups is 1. The molecule has 0 saturated heterocycles. The number of hydrogen-bond acceptors (Lipinski definition) is 5. The molecule has 0 bridgehead atoms. The number of halogens is 3. The topological polar surface area (TPSA) is 63.2 Å². The van der Waals surface area contributed by atoms with Gasteiger partial charge in [0.2, 0.25) is 5.91 Å². The minimum Gasteiger partial charge on any atom is -0.406 e. The van der Waals surface area contributed by atoms with E-state index in [4.69, 9.17) is 0 Å². The summed E-state index contributed by atoms with van der Waals surface area (Å²) in [4.78, 5) is 15.8. The van der Waals surface area contributed by atoms with E-state index in [0.29, 0.717) is 28.2 Å². The number of aromatic nitrogens is 1. The zero-order chi connectivity index (χ0) is 16.2. The lowest BCUT2D eigenvalue weighted by molar-refractivity contribution is -0.274. The van der Waals surface area contributed by atoms with Crippen LogP contribution in [0.4, 0.5) is 18.3 Å². The molecule has 1 aromatic carbocycles. The number of benzene rings is 1. The lowest BCUT2D eigenvalue weighted by Gasteiger charge is -2.07. The summed E-state index contributed by atoms with van der Waals surface area (Å²) < 4.78 is 40.9. The SMILES string of the molecule is CNCCCC(=O)Nc1nc2ccc(OC(F)(F)F)cc2s1. The normalized spacial score (nSPS) is 11.6. The Bertz CT molecular complexity index is 658. The van der Waals surface area contributed by atoms with Gasteiger partial charge in [-0.15, -0.1) is 13.2 Å². The first-order valence-corrected chi connectivity index (χ1v) is 7.30.